The van der Waals surface area contributed by atoms with E-state index in [0.29, 0.717) is 0 Å². The summed E-state index contributed by atoms with van der Waals surface area (Å²) >= 11 is 1.70. The van der Waals surface area contributed by atoms with Gasteiger partial charge in [-0.2, -0.15) is 0 Å². The standard InChI is InChI=1S/C9H8OS.C2H6/c1-7-2-3-8-9(6-7)11-5-4-10-8;1-2/h2-6H,1H3;1-2H3. The van der Waals surface area contributed by atoms with Crippen LogP contribution in [0, 0.1) is 6.92 Å². The van der Waals surface area contributed by atoms with Crippen LogP contribution in [-0.2, 0) is 0 Å². The molecule has 1 aliphatic heterocycles. The van der Waals surface area contributed by atoms with E-state index in [1.54, 1.807) is 18.0 Å². The minimum Gasteiger partial charge on any atom is -0.463 e. The molecular formula is C11H14OS. The summed E-state index contributed by atoms with van der Waals surface area (Å²) in [7, 11) is 0. The largest absolute Gasteiger partial charge is 0.463 e. The molecule has 13 heavy (non-hydrogen) atoms. The van der Waals surface area contributed by atoms with E-state index in [4.69, 9.17) is 4.74 Å². The van der Waals surface area contributed by atoms with Crippen LogP contribution in [-0.4, -0.2) is 0 Å². The lowest BCUT2D eigenvalue weighted by Gasteiger charge is -2.10. The predicted molar refractivity (Wildman–Crippen MR) is 58.2 cm³/mol. The Morgan fingerprint density at radius 3 is 2.77 bits per heavy atom. The second kappa shape index (κ2) is 4.97. The van der Waals surface area contributed by atoms with Crippen LogP contribution in [0.15, 0.2) is 34.8 Å². The summed E-state index contributed by atoms with van der Waals surface area (Å²) in [5.74, 6) is 0.961. The summed E-state index contributed by atoms with van der Waals surface area (Å²) in [4.78, 5) is 1.20. The van der Waals surface area contributed by atoms with Gasteiger partial charge in [0, 0.05) is 5.41 Å². The molecule has 2 heteroatoms. The number of hydrogen-bond donors (Lipinski definition) is 0. The van der Waals surface area contributed by atoms with E-state index in [-0.39, 0.29) is 0 Å². The van der Waals surface area contributed by atoms with Crippen molar-refractivity contribution in [2.24, 2.45) is 0 Å². The average molecular weight is 194 g/mol. The van der Waals surface area contributed by atoms with Gasteiger partial charge in [-0.25, -0.2) is 0 Å². The highest BCUT2D eigenvalue weighted by Crippen LogP contribution is 2.34. The highest BCUT2D eigenvalue weighted by atomic mass is 32.2. The maximum absolute atomic E-state index is 5.28. The van der Waals surface area contributed by atoms with Gasteiger partial charge in [-0.1, -0.05) is 31.7 Å². The van der Waals surface area contributed by atoms with Gasteiger partial charge in [0.2, 0.25) is 0 Å². The zero-order valence-electron chi connectivity index (χ0n) is 8.20. The van der Waals surface area contributed by atoms with Crippen LogP contribution in [0.3, 0.4) is 0 Å². The molecule has 1 aromatic carbocycles. The fraction of sp³-hybridized carbons (Fsp3) is 0.273. The fourth-order valence-corrected chi connectivity index (χ4v) is 1.75. The number of fused-ring (bicyclic) bond motifs is 1. The van der Waals surface area contributed by atoms with Crippen molar-refractivity contribution in [3.05, 3.63) is 35.4 Å². The maximum Gasteiger partial charge on any atom is 0.140 e. The van der Waals surface area contributed by atoms with E-state index in [0.717, 1.165) is 5.75 Å². The molecule has 0 saturated heterocycles. The van der Waals surface area contributed by atoms with Crippen molar-refractivity contribution < 1.29 is 4.74 Å². The van der Waals surface area contributed by atoms with Crippen molar-refractivity contribution in [2.45, 2.75) is 25.7 Å². The third-order valence-electron chi connectivity index (χ3n) is 1.54. The average Bonchev–Trinajstić information content (AvgIpc) is 2.21. The first kappa shape index (κ1) is 10.2. The maximum atomic E-state index is 5.28. The van der Waals surface area contributed by atoms with Crippen LogP contribution >= 0.6 is 11.8 Å². The van der Waals surface area contributed by atoms with Crippen molar-refractivity contribution in [3.8, 4) is 5.75 Å². The van der Waals surface area contributed by atoms with Crippen LogP contribution in [0.4, 0.5) is 0 Å². The second-order valence-corrected chi connectivity index (χ2v) is 3.41. The molecule has 70 valence electrons. The van der Waals surface area contributed by atoms with Gasteiger partial charge in [-0.3, -0.25) is 0 Å². The summed E-state index contributed by atoms with van der Waals surface area (Å²) in [5.41, 5.74) is 1.27. The second-order valence-electron chi connectivity index (χ2n) is 2.46. The van der Waals surface area contributed by atoms with Crippen LogP contribution in [0.25, 0.3) is 0 Å². The molecule has 0 spiro atoms. The number of rotatable bonds is 0. The first-order valence-corrected chi connectivity index (χ1v) is 5.33. The quantitative estimate of drug-likeness (QED) is 0.618. The lowest BCUT2D eigenvalue weighted by atomic mass is 10.2. The van der Waals surface area contributed by atoms with Gasteiger partial charge in [0.15, 0.2) is 0 Å². The molecule has 0 aliphatic carbocycles. The van der Waals surface area contributed by atoms with Crippen LogP contribution < -0.4 is 4.74 Å². The molecule has 2 rings (SSSR count). The highest BCUT2D eigenvalue weighted by molar-refractivity contribution is 8.02. The lowest BCUT2D eigenvalue weighted by Crippen LogP contribution is -1.88. The van der Waals surface area contributed by atoms with Crippen LogP contribution in [0.1, 0.15) is 19.4 Å². The Bertz CT molecular complexity index is 305. The normalized spacial score (nSPS) is 12.2. The van der Waals surface area contributed by atoms with Gasteiger partial charge in [0.1, 0.15) is 5.75 Å². The summed E-state index contributed by atoms with van der Waals surface area (Å²) in [6.07, 6.45) is 1.71. The van der Waals surface area contributed by atoms with Crippen molar-refractivity contribution in [3.63, 3.8) is 0 Å². The molecule has 1 heterocycles. The molecule has 1 aliphatic rings. The van der Waals surface area contributed by atoms with Crippen molar-refractivity contribution in [1.82, 2.24) is 0 Å². The minimum absolute atomic E-state index is 0.961. The number of aryl methyl sites for hydroxylation is 1. The predicted octanol–water partition coefficient (Wildman–Crippen LogP) is 3.98. The molecule has 0 bridgehead atoms. The Morgan fingerprint density at radius 1 is 1.23 bits per heavy atom. The molecule has 0 radical (unpaired) electrons. The SMILES string of the molecule is CC.Cc1ccc2c(c1)SC=CO2. The fourth-order valence-electron chi connectivity index (χ4n) is 1.01. The summed E-state index contributed by atoms with van der Waals surface area (Å²) in [6, 6.07) is 6.18. The van der Waals surface area contributed by atoms with Gasteiger partial charge < -0.3 is 4.74 Å². The molecule has 1 aromatic rings. The first-order valence-electron chi connectivity index (χ1n) is 4.45. The molecule has 0 saturated carbocycles. The summed E-state index contributed by atoms with van der Waals surface area (Å²) in [5, 5.41) is 1.95. The zero-order chi connectivity index (χ0) is 9.68. The van der Waals surface area contributed by atoms with E-state index >= 15 is 0 Å². The Morgan fingerprint density at radius 2 is 2.00 bits per heavy atom. The number of ether oxygens (including phenoxy) is 1. The Labute approximate surface area is 83.8 Å². The van der Waals surface area contributed by atoms with E-state index in [2.05, 4.69) is 19.1 Å². The number of thioether (sulfide) groups is 1. The topological polar surface area (TPSA) is 9.23 Å². The minimum atomic E-state index is 0.961. The van der Waals surface area contributed by atoms with Crippen molar-refractivity contribution >= 4 is 11.8 Å². The van der Waals surface area contributed by atoms with Gasteiger partial charge >= 0.3 is 0 Å². The first-order chi connectivity index (χ1) is 6.36. The van der Waals surface area contributed by atoms with Crippen LogP contribution in [0.2, 0.25) is 0 Å². The molecule has 0 aromatic heterocycles. The summed E-state index contributed by atoms with van der Waals surface area (Å²) in [6.45, 7) is 6.08. The Hall–Kier alpha value is -0.890. The van der Waals surface area contributed by atoms with Crippen molar-refractivity contribution in [2.75, 3.05) is 0 Å². The summed E-state index contributed by atoms with van der Waals surface area (Å²) < 4.78 is 5.28. The molecule has 0 atom stereocenters. The van der Waals surface area contributed by atoms with E-state index < -0.39 is 0 Å². The molecule has 0 fully saturated rings. The van der Waals surface area contributed by atoms with Gasteiger partial charge in [0.05, 0.1) is 11.2 Å². The van der Waals surface area contributed by atoms with Gasteiger partial charge in [0.25, 0.3) is 0 Å². The molecule has 0 unspecified atom stereocenters. The third-order valence-corrected chi connectivity index (χ3v) is 2.36. The Kier molecular flexibility index (Phi) is 3.90. The van der Waals surface area contributed by atoms with E-state index in [1.807, 2.05) is 25.3 Å². The smallest absolute Gasteiger partial charge is 0.140 e. The Balaban J connectivity index is 0.000000396. The van der Waals surface area contributed by atoms with Crippen LogP contribution in [0.5, 0.6) is 5.75 Å². The number of hydrogen-bond acceptors (Lipinski definition) is 2. The highest BCUT2D eigenvalue weighted by Gasteiger charge is 2.05. The van der Waals surface area contributed by atoms with E-state index in [9.17, 15) is 0 Å². The molecule has 1 nitrogen and oxygen atoms in total. The third kappa shape index (κ3) is 2.52. The monoisotopic (exact) mass is 194 g/mol. The van der Waals surface area contributed by atoms with Crippen molar-refractivity contribution in [1.29, 1.82) is 0 Å². The molecule has 0 N–H and O–H groups in total. The lowest BCUT2D eigenvalue weighted by molar-refractivity contribution is 0.468. The number of benzene rings is 1. The molecule has 0 amide bonds. The molecular weight excluding hydrogens is 180 g/mol. The zero-order valence-corrected chi connectivity index (χ0v) is 9.02. The van der Waals surface area contributed by atoms with Gasteiger partial charge in [-0.05, 0) is 24.6 Å². The van der Waals surface area contributed by atoms with Gasteiger partial charge in [-0.15, -0.1) is 0 Å². The van der Waals surface area contributed by atoms with E-state index in [1.165, 1.54) is 10.5 Å².